The highest BCUT2D eigenvalue weighted by atomic mass is 32.1. The fraction of sp³-hybridized carbons (Fsp3) is 0.250. The summed E-state index contributed by atoms with van der Waals surface area (Å²) < 4.78 is 6.41. The molecule has 0 fully saturated rings. The summed E-state index contributed by atoms with van der Waals surface area (Å²) in [6.07, 6.45) is 3.04. The molecule has 0 aliphatic heterocycles. The Morgan fingerprint density at radius 2 is 1.66 bits per heavy atom. The summed E-state index contributed by atoms with van der Waals surface area (Å²) >= 11 is 0.968. The van der Waals surface area contributed by atoms with Gasteiger partial charge in [0.05, 0.1) is 12.2 Å². The number of unbranched alkanes of at least 4 members (excludes halogenated alkanes) is 1. The second-order valence-electron chi connectivity index (χ2n) is 8.58. The molecule has 0 spiro atoms. The lowest BCUT2D eigenvalue weighted by Gasteiger charge is -2.10. The van der Waals surface area contributed by atoms with Crippen molar-refractivity contribution in [1.82, 2.24) is 9.38 Å². The third-order valence-electron chi connectivity index (χ3n) is 5.62. The van der Waals surface area contributed by atoms with Crippen molar-refractivity contribution in [3.05, 3.63) is 92.8 Å². The Balaban J connectivity index is 1.70. The standard InChI is InChI=1S/C28H28N4O5S/c1-3-5-15-37-27(36)18-11-9-14-21(16-18)30-25(34)23-24(26(35)29-19-12-7-6-8-13-19)38-28-31-20(10-4-2)17-22(33)32(23)28/h6-9,11-14,16-17H,3-5,10,15H2,1-2H3,(H,29,35)(H,30,34). The Hall–Kier alpha value is -4.31. The van der Waals surface area contributed by atoms with Crippen LogP contribution in [0.1, 0.15) is 69.3 Å². The van der Waals surface area contributed by atoms with E-state index in [-0.39, 0.29) is 21.1 Å². The zero-order valence-corrected chi connectivity index (χ0v) is 22.0. The molecule has 0 saturated carbocycles. The van der Waals surface area contributed by atoms with Gasteiger partial charge in [-0.05, 0) is 43.2 Å². The number of hydrogen-bond acceptors (Lipinski definition) is 7. The van der Waals surface area contributed by atoms with Gasteiger partial charge >= 0.3 is 5.97 Å². The molecule has 38 heavy (non-hydrogen) atoms. The van der Waals surface area contributed by atoms with Gasteiger partial charge in [-0.2, -0.15) is 0 Å². The Morgan fingerprint density at radius 3 is 2.39 bits per heavy atom. The smallest absolute Gasteiger partial charge is 0.338 e. The summed E-state index contributed by atoms with van der Waals surface area (Å²) in [6, 6.07) is 16.5. The molecule has 0 aliphatic carbocycles. The van der Waals surface area contributed by atoms with Crippen molar-refractivity contribution in [2.45, 2.75) is 39.5 Å². The number of nitrogens with zero attached hydrogens (tertiary/aromatic N) is 2. The van der Waals surface area contributed by atoms with Gasteiger partial charge in [0.15, 0.2) is 4.96 Å². The first kappa shape index (κ1) is 26.7. The number of carbonyl (C=O) groups is 3. The van der Waals surface area contributed by atoms with Crippen molar-refractivity contribution in [1.29, 1.82) is 0 Å². The van der Waals surface area contributed by atoms with Crippen molar-refractivity contribution >= 4 is 45.5 Å². The van der Waals surface area contributed by atoms with E-state index in [0.29, 0.717) is 30.1 Å². The highest BCUT2D eigenvalue weighted by Gasteiger charge is 2.26. The molecule has 9 nitrogen and oxygen atoms in total. The lowest BCUT2D eigenvalue weighted by molar-refractivity contribution is 0.0499. The van der Waals surface area contributed by atoms with Crippen molar-refractivity contribution in [3.8, 4) is 0 Å². The second-order valence-corrected chi connectivity index (χ2v) is 9.56. The van der Waals surface area contributed by atoms with Crippen LogP contribution in [0, 0.1) is 0 Å². The number of esters is 1. The zero-order chi connectivity index (χ0) is 27.1. The zero-order valence-electron chi connectivity index (χ0n) is 21.2. The van der Waals surface area contributed by atoms with E-state index in [4.69, 9.17) is 4.74 Å². The van der Waals surface area contributed by atoms with Crippen molar-refractivity contribution in [3.63, 3.8) is 0 Å². The second kappa shape index (κ2) is 12.3. The number of benzene rings is 2. The maximum absolute atomic E-state index is 13.5. The molecule has 4 aromatic rings. The number of ether oxygens (including phenoxy) is 1. The van der Waals surface area contributed by atoms with E-state index in [9.17, 15) is 19.2 Å². The molecular formula is C28H28N4O5S. The molecule has 0 unspecified atom stereocenters. The van der Waals surface area contributed by atoms with E-state index in [1.807, 2.05) is 19.9 Å². The maximum Gasteiger partial charge on any atom is 0.338 e. The van der Waals surface area contributed by atoms with Gasteiger partial charge in [-0.15, -0.1) is 0 Å². The van der Waals surface area contributed by atoms with Gasteiger partial charge in [0, 0.05) is 23.1 Å². The van der Waals surface area contributed by atoms with Crippen molar-refractivity contribution in [2.75, 3.05) is 17.2 Å². The molecule has 196 valence electrons. The number of aryl methyl sites for hydroxylation is 1. The number of anilines is 2. The third kappa shape index (κ3) is 6.15. The van der Waals surface area contributed by atoms with Crippen LogP contribution < -0.4 is 16.2 Å². The minimum absolute atomic E-state index is 0.0414. The first-order valence-electron chi connectivity index (χ1n) is 12.4. The van der Waals surface area contributed by atoms with Crippen LogP contribution in [-0.2, 0) is 11.2 Å². The molecule has 2 aromatic carbocycles. The largest absolute Gasteiger partial charge is 0.462 e. The molecule has 2 aromatic heterocycles. The van der Waals surface area contributed by atoms with Crippen molar-refractivity contribution in [2.24, 2.45) is 0 Å². The summed E-state index contributed by atoms with van der Waals surface area (Å²) in [5.74, 6) is -1.72. The number of amides is 2. The fourth-order valence-electron chi connectivity index (χ4n) is 3.78. The van der Waals surface area contributed by atoms with E-state index in [0.717, 1.165) is 35.0 Å². The van der Waals surface area contributed by atoms with Crippen LogP contribution in [0.3, 0.4) is 0 Å². The molecule has 10 heteroatoms. The van der Waals surface area contributed by atoms with Crippen LogP contribution in [-0.4, -0.2) is 33.8 Å². The molecule has 2 amide bonds. The average Bonchev–Trinajstić information content (AvgIpc) is 3.30. The Kier molecular flexibility index (Phi) is 8.65. The highest BCUT2D eigenvalue weighted by Crippen LogP contribution is 2.24. The molecule has 0 saturated heterocycles. The molecule has 0 aliphatic rings. The highest BCUT2D eigenvalue weighted by molar-refractivity contribution is 7.19. The van der Waals surface area contributed by atoms with Gasteiger partial charge in [0.1, 0.15) is 10.6 Å². The van der Waals surface area contributed by atoms with E-state index in [1.54, 1.807) is 42.5 Å². The molecule has 2 heterocycles. The first-order valence-corrected chi connectivity index (χ1v) is 13.2. The number of hydrogen-bond donors (Lipinski definition) is 2. The number of para-hydroxylation sites is 1. The molecule has 0 bridgehead atoms. The SMILES string of the molecule is CCCCOC(=O)c1cccc(NC(=O)c2c(C(=O)Nc3ccccc3)sc3nc(CCC)cc(=O)n23)c1. The number of nitrogens with one attached hydrogen (secondary N) is 2. The third-order valence-corrected chi connectivity index (χ3v) is 6.66. The molecular weight excluding hydrogens is 504 g/mol. The Morgan fingerprint density at radius 1 is 0.921 bits per heavy atom. The summed E-state index contributed by atoms with van der Waals surface area (Å²) in [5.41, 5.74) is 1.15. The Labute approximate surface area is 223 Å². The molecule has 2 N–H and O–H groups in total. The maximum atomic E-state index is 13.5. The normalized spacial score (nSPS) is 10.8. The topological polar surface area (TPSA) is 119 Å². The number of aromatic nitrogens is 2. The predicted molar refractivity (Wildman–Crippen MR) is 147 cm³/mol. The van der Waals surface area contributed by atoms with Gasteiger partial charge in [-0.3, -0.25) is 14.4 Å². The van der Waals surface area contributed by atoms with E-state index < -0.39 is 23.3 Å². The van der Waals surface area contributed by atoms with Crippen molar-refractivity contribution < 1.29 is 19.1 Å². The Bertz CT molecular complexity index is 1530. The van der Waals surface area contributed by atoms with Crippen LogP contribution in [0.25, 0.3) is 4.96 Å². The summed E-state index contributed by atoms with van der Waals surface area (Å²) in [4.78, 5) is 57.0. The molecule has 0 radical (unpaired) electrons. The number of carbonyl (C=O) groups excluding carboxylic acids is 3. The van der Waals surface area contributed by atoms with E-state index in [1.165, 1.54) is 12.1 Å². The van der Waals surface area contributed by atoms with Crippen LogP contribution >= 0.6 is 11.3 Å². The average molecular weight is 533 g/mol. The summed E-state index contributed by atoms with van der Waals surface area (Å²) in [5, 5.41) is 5.49. The lowest BCUT2D eigenvalue weighted by Crippen LogP contribution is -2.25. The summed E-state index contributed by atoms with van der Waals surface area (Å²) in [7, 11) is 0. The number of thiazole rings is 1. The lowest BCUT2D eigenvalue weighted by atomic mass is 10.2. The van der Waals surface area contributed by atoms with E-state index in [2.05, 4.69) is 15.6 Å². The van der Waals surface area contributed by atoms with Crippen LogP contribution in [0.2, 0.25) is 0 Å². The number of rotatable bonds is 10. The van der Waals surface area contributed by atoms with E-state index >= 15 is 0 Å². The van der Waals surface area contributed by atoms with Crippen LogP contribution in [0.4, 0.5) is 11.4 Å². The van der Waals surface area contributed by atoms with Gasteiger partial charge in [-0.25, -0.2) is 14.2 Å². The molecule has 0 atom stereocenters. The summed E-state index contributed by atoms with van der Waals surface area (Å²) in [6.45, 7) is 4.28. The van der Waals surface area contributed by atoms with Crippen LogP contribution in [0.5, 0.6) is 0 Å². The van der Waals surface area contributed by atoms with Gasteiger partial charge in [0.2, 0.25) is 0 Å². The monoisotopic (exact) mass is 532 g/mol. The van der Waals surface area contributed by atoms with Gasteiger partial charge < -0.3 is 15.4 Å². The number of fused-ring (bicyclic) bond motifs is 1. The van der Waals surface area contributed by atoms with Crippen LogP contribution in [0.15, 0.2) is 65.5 Å². The fourth-order valence-corrected chi connectivity index (χ4v) is 4.82. The minimum atomic E-state index is -0.682. The quantitative estimate of drug-likeness (QED) is 0.215. The van der Waals surface area contributed by atoms with Gasteiger partial charge in [0.25, 0.3) is 17.4 Å². The minimum Gasteiger partial charge on any atom is -0.462 e. The predicted octanol–water partition coefficient (Wildman–Crippen LogP) is 5.17. The molecule has 4 rings (SSSR count). The first-order chi connectivity index (χ1) is 18.4. The van der Waals surface area contributed by atoms with Gasteiger partial charge in [-0.1, -0.05) is 62.3 Å².